The van der Waals surface area contributed by atoms with Gasteiger partial charge in [0, 0.05) is 25.6 Å². The van der Waals surface area contributed by atoms with Crippen LogP contribution in [-0.2, 0) is 25.8 Å². The van der Waals surface area contributed by atoms with E-state index in [0.717, 1.165) is 12.1 Å². The number of nitrogens with one attached hydrogen (secondary N) is 1. The number of amides is 3. The highest BCUT2D eigenvalue weighted by Gasteiger charge is 2.41. The number of alkyl halides is 3. The summed E-state index contributed by atoms with van der Waals surface area (Å²) in [5, 5.41) is 11.2. The smallest absolute Gasteiger partial charge is 0.417 e. The Kier molecular flexibility index (Phi) is 7.29. The maximum absolute atomic E-state index is 13.8. The van der Waals surface area contributed by atoms with Crippen LogP contribution in [0.4, 0.5) is 18.0 Å². The molecule has 0 saturated carbocycles. The van der Waals surface area contributed by atoms with Crippen molar-refractivity contribution in [3.05, 3.63) is 54.1 Å². The quantitative estimate of drug-likeness (QED) is 0.620. The zero-order valence-corrected chi connectivity index (χ0v) is 20.2. The first kappa shape index (κ1) is 26.6. The lowest BCUT2D eigenvalue weighted by molar-refractivity contribution is -0.264. The number of hydrogen-bond donors (Lipinski definition) is 1. The zero-order valence-electron chi connectivity index (χ0n) is 19.4. The van der Waals surface area contributed by atoms with Crippen molar-refractivity contribution in [3.8, 4) is 11.1 Å². The molecule has 4 rings (SSSR count). The van der Waals surface area contributed by atoms with Crippen LogP contribution >= 0.6 is 0 Å². The van der Waals surface area contributed by atoms with Crippen LogP contribution in [-0.4, -0.2) is 61.3 Å². The third-order valence-electron chi connectivity index (χ3n) is 6.50. The van der Waals surface area contributed by atoms with Crippen molar-refractivity contribution in [2.75, 3.05) is 13.1 Å². The first-order valence-electron chi connectivity index (χ1n) is 11.5. The fraction of sp³-hybridized carbons (Fsp3) is 0.375. The van der Waals surface area contributed by atoms with Crippen LogP contribution in [0.3, 0.4) is 0 Å². The molecule has 37 heavy (non-hydrogen) atoms. The molecule has 3 amide bonds. The maximum Gasteiger partial charge on any atom is 0.417 e. The molecule has 0 unspecified atom stereocenters. The maximum atomic E-state index is 13.8. The molecule has 0 spiro atoms. The molecule has 2 aliphatic rings. The monoisotopic (exact) mass is 538 g/mol. The normalized spacial score (nSPS) is 19.3. The van der Waals surface area contributed by atoms with E-state index in [1.165, 1.54) is 11.0 Å². The van der Waals surface area contributed by atoms with Crippen molar-refractivity contribution in [1.82, 2.24) is 14.5 Å². The number of carbonyl (C=O) groups excluding carboxylic acids is 3. The molecule has 0 radical (unpaired) electrons. The molecular weight excluding hydrogens is 515 g/mol. The van der Waals surface area contributed by atoms with E-state index in [0.29, 0.717) is 10.5 Å². The number of carbonyl (C=O) groups is 3. The van der Waals surface area contributed by atoms with Gasteiger partial charge in [-0.1, -0.05) is 36.4 Å². The Balaban J connectivity index is 1.47. The summed E-state index contributed by atoms with van der Waals surface area (Å²) in [4.78, 5) is 36.5. The van der Waals surface area contributed by atoms with Gasteiger partial charge in [0.15, 0.2) is 0 Å². The number of likely N-dealkylation sites (tertiary alicyclic amines) is 2. The largest absolute Gasteiger partial charge is 0.530 e. The predicted molar refractivity (Wildman–Crippen MR) is 122 cm³/mol. The fourth-order valence-electron chi connectivity index (χ4n) is 4.65. The predicted octanol–water partition coefficient (Wildman–Crippen LogP) is 1.98. The van der Waals surface area contributed by atoms with Gasteiger partial charge in [-0.3, -0.25) is 14.5 Å². The fourth-order valence-corrected chi connectivity index (χ4v) is 6.17. The lowest BCUT2D eigenvalue weighted by Crippen LogP contribution is -2.55. The van der Waals surface area contributed by atoms with Crippen LogP contribution in [0.25, 0.3) is 11.1 Å². The Morgan fingerprint density at radius 3 is 2.22 bits per heavy atom. The molecule has 13 heteroatoms. The minimum atomic E-state index is -4.92. The third-order valence-corrected chi connectivity index (χ3v) is 8.08. The number of halogens is 3. The number of nitrogens with zero attached hydrogens (tertiary/aromatic N) is 2. The van der Waals surface area contributed by atoms with Gasteiger partial charge >= 0.3 is 6.18 Å². The Morgan fingerprint density at radius 2 is 1.62 bits per heavy atom. The van der Waals surface area contributed by atoms with Crippen LogP contribution < -0.4 is 9.83 Å². The molecule has 198 valence electrons. The summed E-state index contributed by atoms with van der Waals surface area (Å²) in [5.41, 5.74) is -0.569. The van der Waals surface area contributed by atoms with Crippen LogP contribution in [0.2, 0.25) is 0 Å². The number of benzene rings is 2. The molecule has 0 bridgehead atoms. The second-order valence-electron chi connectivity index (χ2n) is 8.88. The van der Waals surface area contributed by atoms with Crippen molar-refractivity contribution in [3.63, 3.8) is 0 Å². The second kappa shape index (κ2) is 10.1. The molecule has 9 nitrogen and oxygen atoms in total. The van der Waals surface area contributed by atoms with Crippen LogP contribution in [0, 0.1) is 0 Å². The lowest BCUT2D eigenvalue weighted by Gasteiger charge is -2.35. The number of sulfonamides is 1. The SMILES string of the molecule is O=C([C@@H]1CCC(=O)N1C(=O)[O-])N1CCC(NS(=O)(=O)c2ccc(-c3ccccc3)cc2C(F)(F)F)CC1. The van der Waals surface area contributed by atoms with E-state index in [1.807, 2.05) is 0 Å². The lowest BCUT2D eigenvalue weighted by atomic mass is 10.0. The minimum Gasteiger partial charge on any atom is -0.530 e. The zero-order chi connectivity index (χ0) is 27.0. The van der Waals surface area contributed by atoms with Crippen molar-refractivity contribution in [2.45, 2.75) is 48.8 Å². The van der Waals surface area contributed by atoms with E-state index in [-0.39, 0.29) is 44.3 Å². The summed E-state index contributed by atoms with van der Waals surface area (Å²) in [6, 6.07) is 9.37. The molecule has 2 aromatic carbocycles. The number of hydrogen-bond acceptors (Lipinski definition) is 6. The number of carboxylic acid groups (broad SMARTS) is 1. The summed E-state index contributed by atoms with van der Waals surface area (Å²) in [5.74, 6) is -1.31. The summed E-state index contributed by atoms with van der Waals surface area (Å²) >= 11 is 0. The number of piperidine rings is 1. The van der Waals surface area contributed by atoms with Gasteiger partial charge in [-0.2, -0.15) is 13.2 Å². The summed E-state index contributed by atoms with van der Waals surface area (Å²) in [7, 11) is -4.57. The molecule has 2 fully saturated rings. The van der Waals surface area contributed by atoms with Crippen LogP contribution in [0.5, 0.6) is 0 Å². The molecule has 2 heterocycles. The summed E-state index contributed by atoms with van der Waals surface area (Å²) in [6.07, 6.45) is -6.57. The topological polar surface area (TPSA) is 127 Å². The van der Waals surface area contributed by atoms with Crippen molar-refractivity contribution < 1.29 is 41.1 Å². The van der Waals surface area contributed by atoms with Gasteiger partial charge in [0.05, 0.1) is 10.5 Å². The molecule has 2 aromatic rings. The Bertz CT molecular complexity index is 1310. The van der Waals surface area contributed by atoms with E-state index < -0.39 is 56.6 Å². The van der Waals surface area contributed by atoms with Gasteiger partial charge in [0.25, 0.3) is 0 Å². The highest BCUT2D eigenvalue weighted by molar-refractivity contribution is 7.89. The molecular formula is C24H23F3N3O6S-. The van der Waals surface area contributed by atoms with Crippen LogP contribution in [0.1, 0.15) is 31.2 Å². The molecule has 1 N–H and O–H groups in total. The molecule has 0 aliphatic carbocycles. The van der Waals surface area contributed by atoms with Crippen molar-refractivity contribution >= 4 is 27.9 Å². The highest BCUT2D eigenvalue weighted by atomic mass is 32.2. The van der Waals surface area contributed by atoms with Gasteiger partial charge in [-0.25, -0.2) is 13.1 Å². The van der Waals surface area contributed by atoms with E-state index in [1.54, 1.807) is 30.3 Å². The minimum absolute atomic E-state index is 0.0252. The van der Waals surface area contributed by atoms with E-state index in [4.69, 9.17) is 0 Å². The van der Waals surface area contributed by atoms with Gasteiger partial charge < -0.3 is 14.8 Å². The van der Waals surface area contributed by atoms with Gasteiger partial charge in [0.2, 0.25) is 21.8 Å². The number of imide groups is 1. The summed E-state index contributed by atoms with van der Waals surface area (Å²) in [6.45, 7) is 0.0767. The molecule has 2 aliphatic heterocycles. The van der Waals surface area contributed by atoms with E-state index >= 15 is 0 Å². The van der Waals surface area contributed by atoms with Crippen LogP contribution in [0.15, 0.2) is 53.4 Å². The van der Waals surface area contributed by atoms with E-state index in [2.05, 4.69) is 4.72 Å². The molecule has 2 saturated heterocycles. The number of rotatable bonds is 5. The van der Waals surface area contributed by atoms with Gasteiger partial charge in [-0.15, -0.1) is 0 Å². The van der Waals surface area contributed by atoms with Gasteiger partial charge in [-0.05, 0) is 42.5 Å². The molecule has 1 atom stereocenters. The average Bonchev–Trinajstić information content (AvgIpc) is 3.25. The highest BCUT2D eigenvalue weighted by Crippen LogP contribution is 2.37. The Hall–Kier alpha value is -3.45. The first-order chi connectivity index (χ1) is 17.4. The first-order valence-corrected chi connectivity index (χ1v) is 13.0. The van der Waals surface area contributed by atoms with E-state index in [9.17, 15) is 41.1 Å². The summed E-state index contributed by atoms with van der Waals surface area (Å²) < 4.78 is 69.8. The Labute approximate surface area is 210 Å². The standard InChI is InChI=1S/C24H24F3N3O6S/c25-24(26,27)18-14-16(15-4-2-1-3-5-15)6-8-20(18)37(35,36)28-17-10-12-29(13-11-17)22(32)19-7-9-21(31)30(19)23(33)34/h1-6,8,14,17,19,28H,7,9-13H2,(H,33,34)/p-1/t19-/m0/s1. The van der Waals surface area contributed by atoms with Gasteiger partial charge in [0.1, 0.15) is 12.1 Å². The molecule has 0 aromatic heterocycles. The van der Waals surface area contributed by atoms with Crippen molar-refractivity contribution in [2.24, 2.45) is 0 Å². The third kappa shape index (κ3) is 5.62. The average molecular weight is 539 g/mol. The van der Waals surface area contributed by atoms with Crippen molar-refractivity contribution in [1.29, 1.82) is 0 Å². The Morgan fingerprint density at radius 1 is 0.973 bits per heavy atom. The second-order valence-corrected chi connectivity index (χ2v) is 10.6.